The standard InChI is InChI=1S/C24H22F3N3O3S/c1-17-21(10-11-22(28-17)18-6-3-2-4-7-18)23(31)29-12-14-30(15-13-29)34(32,33)20-9-5-8-19(16-20)24(25,26)27/h2-11,16H,12-15H2,1H3. The Balaban J connectivity index is 1.46. The Kier molecular flexibility index (Phi) is 6.46. The summed E-state index contributed by atoms with van der Waals surface area (Å²) in [6.07, 6.45) is -4.64. The predicted molar refractivity (Wildman–Crippen MR) is 121 cm³/mol. The zero-order valence-electron chi connectivity index (χ0n) is 18.3. The van der Waals surface area contributed by atoms with Gasteiger partial charge in [0.15, 0.2) is 0 Å². The number of piperazine rings is 1. The fourth-order valence-electron chi connectivity index (χ4n) is 3.84. The maximum atomic E-state index is 13.0. The van der Waals surface area contributed by atoms with Gasteiger partial charge in [-0.15, -0.1) is 0 Å². The number of hydrogen-bond donors (Lipinski definition) is 0. The Morgan fingerprint density at radius 2 is 1.59 bits per heavy atom. The molecule has 0 atom stereocenters. The number of hydrogen-bond acceptors (Lipinski definition) is 4. The van der Waals surface area contributed by atoms with Gasteiger partial charge in [-0.25, -0.2) is 8.42 Å². The summed E-state index contributed by atoms with van der Waals surface area (Å²) in [5.74, 6) is -0.263. The molecule has 1 amide bonds. The molecule has 1 aliphatic rings. The van der Waals surface area contributed by atoms with Gasteiger partial charge in [0, 0.05) is 31.7 Å². The van der Waals surface area contributed by atoms with Crippen LogP contribution in [0.5, 0.6) is 0 Å². The molecule has 178 valence electrons. The molecular weight excluding hydrogens is 467 g/mol. The van der Waals surface area contributed by atoms with Crippen LogP contribution in [0.1, 0.15) is 21.6 Å². The summed E-state index contributed by atoms with van der Waals surface area (Å²) >= 11 is 0. The lowest BCUT2D eigenvalue weighted by atomic mass is 10.1. The van der Waals surface area contributed by atoms with Crippen LogP contribution in [0.15, 0.2) is 71.6 Å². The van der Waals surface area contributed by atoms with Crippen LogP contribution in [0.4, 0.5) is 13.2 Å². The highest BCUT2D eigenvalue weighted by molar-refractivity contribution is 7.89. The number of rotatable bonds is 4. The molecule has 0 spiro atoms. The summed E-state index contributed by atoms with van der Waals surface area (Å²) in [7, 11) is -4.12. The van der Waals surface area contributed by atoms with Crippen molar-refractivity contribution >= 4 is 15.9 Å². The second kappa shape index (κ2) is 9.19. The molecule has 2 heterocycles. The van der Waals surface area contributed by atoms with Crippen LogP contribution in [0.3, 0.4) is 0 Å². The lowest BCUT2D eigenvalue weighted by Crippen LogP contribution is -2.50. The minimum atomic E-state index is -4.64. The maximum Gasteiger partial charge on any atom is 0.416 e. The van der Waals surface area contributed by atoms with Gasteiger partial charge in [-0.2, -0.15) is 17.5 Å². The SMILES string of the molecule is Cc1nc(-c2ccccc2)ccc1C(=O)N1CCN(S(=O)(=O)c2cccc(C(F)(F)F)c2)CC1. The number of carbonyl (C=O) groups excluding carboxylic acids is 1. The van der Waals surface area contributed by atoms with Gasteiger partial charge in [-0.05, 0) is 37.3 Å². The van der Waals surface area contributed by atoms with Gasteiger partial charge in [0.25, 0.3) is 5.91 Å². The van der Waals surface area contributed by atoms with E-state index in [1.807, 2.05) is 30.3 Å². The summed E-state index contributed by atoms with van der Waals surface area (Å²) in [6, 6.07) is 16.7. The normalized spacial score (nSPS) is 15.4. The average Bonchev–Trinajstić information content (AvgIpc) is 2.84. The smallest absolute Gasteiger partial charge is 0.336 e. The summed E-state index contributed by atoms with van der Waals surface area (Å²) in [6.45, 7) is 1.96. The van der Waals surface area contributed by atoms with Crippen molar-refractivity contribution in [2.45, 2.75) is 18.0 Å². The number of amides is 1. The minimum Gasteiger partial charge on any atom is -0.336 e. The van der Waals surface area contributed by atoms with Crippen LogP contribution in [0.25, 0.3) is 11.3 Å². The number of nitrogens with zero attached hydrogens (tertiary/aromatic N) is 3. The Morgan fingerprint density at radius 3 is 2.21 bits per heavy atom. The van der Waals surface area contributed by atoms with E-state index in [0.717, 1.165) is 33.8 Å². The molecule has 1 aliphatic heterocycles. The van der Waals surface area contributed by atoms with Crippen molar-refractivity contribution in [3.8, 4) is 11.3 Å². The predicted octanol–water partition coefficient (Wildman–Crippen LogP) is 4.22. The van der Waals surface area contributed by atoms with Gasteiger partial charge in [0.05, 0.1) is 27.4 Å². The summed E-state index contributed by atoms with van der Waals surface area (Å²) in [5.41, 5.74) is 1.63. The first-order chi connectivity index (χ1) is 16.1. The molecule has 4 rings (SSSR count). The monoisotopic (exact) mass is 489 g/mol. The van der Waals surface area contributed by atoms with Gasteiger partial charge in [0.1, 0.15) is 0 Å². The van der Waals surface area contributed by atoms with E-state index in [1.54, 1.807) is 19.1 Å². The Labute approximate surface area is 195 Å². The number of aromatic nitrogens is 1. The zero-order valence-corrected chi connectivity index (χ0v) is 19.1. The van der Waals surface area contributed by atoms with E-state index in [2.05, 4.69) is 4.98 Å². The molecular formula is C24H22F3N3O3S. The van der Waals surface area contributed by atoms with Gasteiger partial charge < -0.3 is 4.90 Å². The molecule has 3 aromatic rings. The molecule has 0 saturated carbocycles. The zero-order chi connectivity index (χ0) is 24.5. The Hall–Kier alpha value is -3.24. The summed E-state index contributed by atoms with van der Waals surface area (Å²) in [4.78, 5) is 18.7. The highest BCUT2D eigenvalue weighted by Gasteiger charge is 2.34. The third-order valence-electron chi connectivity index (χ3n) is 5.71. The van der Waals surface area contributed by atoms with Gasteiger partial charge in [-0.3, -0.25) is 9.78 Å². The van der Waals surface area contributed by atoms with E-state index < -0.39 is 26.7 Å². The quantitative estimate of drug-likeness (QED) is 0.550. The first-order valence-electron chi connectivity index (χ1n) is 10.6. The molecule has 0 aliphatic carbocycles. The van der Waals surface area contributed by atoms with Gasteiger partial charge in [0.2, 0.25) is 10.0 Å². The summed E-state index contributed by atoms with van der Waals surface area (Å²) < 4.78 is 65.9. The number of carbonyl (C=O) groups is 1. The molecule has 1 saturated heterocycles. The van der Waals surface area contributed by atoms with Crippen molar-refractivity contribution < 1.29 is 26.4 Å². The van der Waals surface area contributed by atoms with E-state index >= 15 is 0 Å². The number of sulfonamides is 1. The van der Waals surface area contributed by atoms with Crippen molar-refractivity contribution in [3.63, 3.8) is 0 Å². The Morgan fingerprint density at radius 1 is 0.912 bits per heavy atom. The molecule has 0 bridgehead atoms. The highest BCUT2D eigenvalue weighted by atomic mass is 32.2. The molecule has 1 fully saturated rings. The number of halogens is 3. The van der Waals surface area contributed by atoms with Crippen LogP contribution in [-0.4, -0.2) is 54.7 Å². The fraction of sp³-hybridized carbons (Fsp3) is 0.250. The number of pyridine rings is 1. The average molecular weight is 490 g/mol. The maximum absolute atomic E-state index is 13.0. The van der Waals surface area contributed by atoms with Crippen LogP contribution >= 0.6 is 0 Å². The van der Waals surface area contributed by atoms with E-state index in [1.165, 1.54) is 4.90 Å². The number of aryl methyl sites for hydroxylation is 1. The fourth-order valence-corrected chi connectivity index (χ4v) is 5.31. The first kappa shape index (κ1) is 23.9. The highest BCUT2D eigenvalue weighted by Crippen LogP contribution is 2.31. The molecule has 10 heteroatoms. The molecule has 0 radical (unpaired) electrons. The number of benzene rings is 2. The molecule has 2 aromatic carbocycles. The van der Waals surface area contributed by atoms with Crippen LogP contribution in [-0.2, 0) is 16.2 Å². The third-order valence-corrected chi connectivity index (χ3v) is 7.61. The van der Waals surface area contributed by atoms with Crippen molar-refractivity contribution in [1.82, 2.24) is 14.2 Å². The van der Waals surface area contributed by atoms with Crippen LogP contribution < -0.4 is 0 Å². The van der Waals surface area contributed by atoms with Crippen molar-refractivity contribution in [2.24, 2.45) is 0 Å². The second-order valence-electron chi connectivity index (χ2n) is 7.92. The molecule has 6 nitrogen and oxygen atoms in total. The second-order valence-corrected chi connectivity index (χ2v) is 9.86. The van der Waals surface area contributed by atoms with E-state index in [4.69, 9.17) is 0 Å². The van der Waals surface area contributed by atoms with Gasteiger partial charge in [-0.1, -0.05) is 36.4 Å². The van der Waals surface area contributed by atoms with E-state index in [0.29, 0.717) is 17.3 Å². The van der Waals surface area contributed by atoms with Crippen molar-refractivity contribution in [3.05, 3.63) is 83.6 Å². The molecule has 34 heavy (non-hydrogen) atoms. The van der Waals surface area contributed by atoms with Crippen molar-refractivity contribution in [1.29, 1.82) is 0 Å². The van der Waals surface area contributed by atoms with Crippen LogP contribution in [0, 0.1) is 6.92 Å². The van der Waals surface area contributed by atoms with Crippen molar-refractivity contribution in [2.75, 3.05) is 26.2 Å². The van der Waals surface area contributed by atoms with E-state index in [9.17, 15) is 26.4 Å². The third kappa shape index (κ3) is 4.83. The minimum absolute atomic E-state index is 0.0150. The topological polar surface area (TPSA) is 70.6 Å². The van der Waals surface area contributed by atoms with Crippen LogP contribution in [0.2, 0.25) is 0 Å². The van der Waals surface area contributed by atoms with E-state index in [-0.39, 0.29) is 32.1 Å². The summed E-state index contributed by atoms with van der Waals surface area (Å²) in [5, 5.41) is 0. The molecule has 0 N–H and O–H groups in total. The van der Waals surface area contributed by atoms with Gasteiger partial charge >= 0.3 is 6.18 Å². The lowest BCUT2D eigenvalue weighted by Gasteiger charge is -2.34. The molecule has 1 aromatic heterocycles. The lowest BCUT2D eigenvalue weighted by molar-refractivity contribution is -0.137. The molecule has 0 unspecified atom stereocenters. The first-order valence-corrected chi connectivity index (χ1v) is 12.0. The largest absolute Gasteiger partial charge is 0.416 e. The Bertz CT molecular complexity index is 1300. The number of alkyl halides is 3.